The molecule has 0 aromatic heterocycles. The molecule has 0 unspecified atom stereocenters. The number of oxime groups is 1. The summed E-state index contributed by atoms with van der Waals surface area (Å²) in [4.78, 5) is 2.34. The van der Waals surface area contributed by atoms with Gasteiger partial charge in [0.1, 0.15) is 5.82 Å². The van der Waals surface area contributed by atoms with E-state index in [1.54, 1.807) is 12.1 Å². The fraction of sp³-hybridized carbons (Fsp3) is 0.533. The molecule has 0 spiro atoms. The van der Waals surface area contributed by atoms with Crippen molar-refractivity contribution in [3.63, 3.8) is 0 Å². The van der Waals surface area contributed by atoms with Gasteiger partial charge >= 0.3 is 0 Å². The molecule has 4 N–H and O–H groups in total. The van der Waals surface area contributed by atoms with Crippen LogP contribution in [-0.2, 0) is 6.54 Å². The van der Waals surface area contributed by atoms with Crippen molar-refractivity contribution in [1.82, 2.24) is 10.2 Å². The number of rotatable bonds is 5. The van der Waals surface area contributed by atoms with E-state index in [0.29, 0.717) is 23.6 Å². The van der Waals surface area contributed by atoms with E-state index >= 15 is 0 Å². The first-order valence-electron chi connectivity index (χ1n) is 7.25. The van der Waals surface area contributed by atoms with Crippen LogP contribution in [-0.4, -0.2) is 42.6 Å². The fourth-order valence-corrected chi connectivity index (χ4v) is 2.58. The maximum Gasteiger partial charge on any atom is 0.170 e. The summed E-state index contributed by atoms with van der Waals surface area (Å²) in [5.74, 6) is 0.246. The summed E-state index contributed by atoms with van der Waals surface area (Å²) >= 11 is 0. The Labute approximate surface area is 124 Å². The lowest BCUT2D eigenvalue weighted by molar-refractivity contribution is 0.216. The summed E-state index contributed by atoms with van der Waals surface area (Å²) in [5, 5.41) is 14.8. The van der Waals surface area contributed by atoms with Crippen molar-refractivity contribution < 1.29 is 9.60 Å². The minimum absolute atomic E-state index is 0.0836. The lowest BCUT2D eigenvalue weighted by Gasteiger charge is -2.29. The Morgan fingerprint density at radius 1 is 1.48 bits per heavy atom. The van der Waals surface area contributed by atoms with E-state index in [0.717, 1.165) is 19.6 Å². The second-order valence-corrected chi connectivity index (χ2v) is 5.67. The third kappa shape index (κ3) is 4.41. The van der Waals surface area contributed by atoms with Gasteiger partial charge < -0.3 is 21.2 Å². The van der Waals surface area contributed by atoms with Crippen molar-refractivity contribution >= 4 is 5.84 Å². The summed E-state index contributed by atoms with van der Waals surface area (Å²) in [5.41, 5.74) is 6.41. The van der Waals surface area contributed by atoms with Gasteiger partial charge in [-0.15, -0.1) is 0 Å². The van der Waals surface area contributed by atoms with Crippen LogP contribution >= 0.6 is 0 Å². The van der Waals surface area contributed by atoms with Gasteiger partial charge in [-0.25, -0.2) is 4.39 Å². The minimum atomic E-state index is -0.338. The molecule has 0 atom stereocenters. The highest BCUT2D eigenvalue weighted by molar-refractivity contribution is 5.97. The van der Waals surface area contributed by atoms with Gasteiger partial charge in [-0.3, -0.25) is 0 Å². The molecule has 6 heteroatoms. The zero-order chi connectivity index (χ0) is 15.2. The molecular weight excluding hydrogens is 271 g/mol. The SMILES string of the molecule is CN1CCC(CNCc2ccc(C(N)=NO)cc2F)CC1. The first-order chi connectivity index (χ1) is 10.1. The molecular formula is C15H23FN4O. The first kappa shape index (κ1) is 15.7. The number of amidine groups is 1. The van der Waals surface area contributed by atoms with Crippen molar-refractivity contribution in [2.45, 2.75) is 19.4 Å². The largest absolute Gasteiger partial charge is 0.409 e. The summed E-state index contributed by atoms with van der Waals surface area (Å²) < 4.78 is 13.9. The Morgan fingerprint density at radius 3 is 2.81 bits per heavy atom. The molecule has 0 aliphatic carbocycles. The summed E-state index contributed by atoms with van der Waals surface area (Å²) in [7, 11) is 2.14. The van der Waals surface area contributed by atoms with Gasteiger partial charge in [0, 0.05) is 17.7 Å². The molecule has 21 heavy (non-hydrogen) atoms. The molecule has 1 aliphatic heterocycles. The molecule has 1 fully saturated rings. The predicted octanol–water partition coefficient (Wildman–Crippen LogP) is 1.35. The highest BCUT2D eigenvalue weighted by atomic mass is 19.1. The molecule has 1 aromatic rings. The van der Waals surface area contributed by atoms with Crippen LogP contribution in [0.2, 0.25) is 0 Å². The van der Waals surface area contributed by atoms with Crippen LogP contribution in [0.25, 0.3) is 0 Å². The van der Waals surface area contributed by atoms with E-state index in [1.165, 1.54) is 18.9 Å². The van der Waals surface area contributed by atoms with Crippen LogP contribution in [0.15, 0.2) is 23.4 Å². The number of nitrogens with one attached hydrogen (secondary N) is 1. The Balaban J connectivity index is 1.83. The maximum atomic E-state index is 13.9. The van der Waals surface area contributed by atoms with Crippen LogP contribution in [0, 0.1) is 11.7 Å². The average Bonchev–Trinajstić information content (AvgIpc) is 2.50. The van der Waals surface area contributed by atoms with E-state index < -0.39 is 0 Å². The molecule has 5 nitrogen and oxygen atoms in total. The van der Waals surface area contributed by atoms with E-state index in [9.17, 15) is 4.39 Å². The third-order valence-corrected chi connectivity index (χ3v) is 4.04. The molecule has 0 amide bonds. The van der Waals surface area contributed by atoms with Gasteiger partial charge in [-0.2, -0.15) is 0 Å². The van der Waals surface area contributed by atoms with E-state index in [-0.39, 0.29) is 11.7 Å². The van der Waals surface area contributed by atoms with Crippen LogP contribution in [0.1, 0.15) is 24.0 Å². The molecule has 1 saturated heterocycles. The second kappa shape index (κ2) is 7.38. The predicted molar refractivity (Wildman–Crippen MR) is 80.8 cm³/mol. The Bertz CT molecular complexity index is 498. The Kier molecular flexibility index (Phi) is 5.52. The molecule has 116 valence electrons. The van der Waals surface area contributed by atoms with Crippen molar-refractivity contribution in [1.29, 1.82) is 0 Å². The third-order valence-electron chi connectivity index (χ3n) is 4.04. The molecule has 0 radical (unpaired) electrons. The van der Waals surface area contributed by atoms with Gasteiger partial charge in [0.25, 0.3) is 0 Å². The monoisotopic (exact) mass is 294 g/mol. The lowest BCUT2D eigenvalue weighted by atomic mass is 9.97. The van der Waals surface area contributed by atoms with Crippen molar-refractivity contribution in [2.75, 3.05) is 26.7 Å². The van der Waals surface area contributed by atoms with Gasteiger partial charge in [0.15, 0.2) is 5.84 Å². The van der Waals surface area contributed by atoms with E-state index in [1.807, 2.05) is 0 Å². The van der Waals surface area contributed by atoms with Gasteiger partial charge in [-0.05, 0) is 51.5 Å². The average molecular weight is 294 g/mol. The zero-order valence-electron chi connectivity index (χ0n) is 12.3. The summed E-state index contributed by atoms with van der Waals surface area (Å²) in [6, 6.07) is 4.62. The summed E-state index contributed by atoms with van der Waals surface area (Å²) in [6.07, 6.45) is 2.38. The maximum absolute atomic E-state index is 13.9. The highest BCUT2D eigenvalue weighted by Gasteiger charge is 2.16. The van der Waals surface area contributed by atoms with Gasteiger partial charge in [0.05, 0.1) is 0 Å². The number of nitrogens with zero attached hydrogens (tertiary/aromatic N) is 2. The number of nitrogens with two attached hydrogens (primary N) is 1. The quantitative estimate of drug-likeness (QED) is 0.332. The van der Waals surface area contributed by atoms with Gasteiger partial charge in [0.2, 0.25) is 0 Å². The number of hydrogen-bond donors (Lipinski definition) is 3. The molecule has 0 bridgehead atoms. The zero-order valence-corrected chi connectivity index (χ0v) is 12.3. The van der Waals surface area contributed by atoms with Crippen LogP contribution < -0.4 is 11.1 Å². The van der Waals surface area contributed by atoms with E-state index in [2.05, 4.69) is 22.4 Å². The topological polar surface area (TPSA) is 73.9 Å². The van der Waals surface area contributed by atoms with E-state index in [4.69, 9.17) is 10.9 Å². The Hall–Kier alpha value is -1.66. The smallest absolute Gasteiger partial charge is 0.170 e. The first-order valence-corrected chi connectivity index (χ1v) is 7.25. The van der Waals surface area contributed by atoms with Crippen molar-refractivity contribution in [3.8, 4) is 0 Å². The number of halogens is 1. The van der Waals surface area contributed by atoms with Crippen molar-refractivity contribution in [2.24, 2.45) is 16.8 Å². The molecule has 1 aromatic carbocycles. The normalized spacial score (nSPS) is 18.1. The number of benzene rings is 1. The number of hydrogen-bond acceptors (Lipinski definition) is 4. The van der Waals surface area contributed by atoms with Crippen LogP contribution in [0.5, 0.6) is 0 Å². The van der Waals surface area contributed by atoms with Crippen LogP contribution in [0.3, 0.4) is 0 Å². The highest BCUT2D eigenvalue weighted by Crippen LogP contribution is 2.15. The lowest BCUT2D eigenvalue weighted by Crippen LogP contribution is -2.34. The van der Waals surface area contributed by atoms with Crippen molar-refractivity contribution in [3.05, 3.63) is 35.1 Å². The van der Waals surface area contributed by atoms with Crippen LogP contribution in [0.4, 0.5) is 4.39 Å². The minimum Gasteiger partial charge on any atom is -0.409 e. The molecule has 2 rings (SSSR count). The molecule has 0 saturated carbocycles. The molecule has 1 aliphatic rings. The Morgan fingerprint density at radius 2 is 2.19 bits per heavy atom. The molecule has 1 heterocycles. The standard InChI is InChI=1S/C15H23FN4O/c1-20-6-4-11(5-7-20)9-18-10-13-3-2-12(8-14(13)16)15(17)19-21/h2-3,8,11,18,21H,4-7,9-10H2,1H3,(H2,17,19). The number of likely N-dealkylation sites (tertiary alicyclic amines) is 1. The summed E-state index contributed by atoms with van der Waals surface area (Å²) in [6.45, 7) is 3.67. The second-order valence-electron chi connectivity index (χ2n) is 5.67. The number of piperidine rings is 1. The fourth-order valence-electron chi connectivity index (χ4n) is 2.58. The van der Waals surface area contributed by atoms with Gasteiger partial charge in [-0.1, -0.05) is 17.3 Å².